The van der Waals surface area contributed by atoms with Gasteiger partial charge in [0.1, 0.15) is 4.21 Å². The van der Waals surface area contributed by atoms with E-state index in [0.717, 1.165) is 30.6 Å². The molecule has 2 aromatic rings. The molecule has 0 atom stereocenters. The van der Waals surface area contributed by atoms with E-state index in [-0.39, 0.29) is 23.0 Å². The third-order valence-electron chi connectivity index (χ3n) is 3.97. The highest BCUT2D eigenvalue weighted by molar-refractivity contribution is 7.91. The predicted molar refractivity (Wildman–Crippen MR) is 96.2 cm³/mol. The highest BCUT2D eigenvalue weighted by atomic mass is 32.2. The fourth-order valence-corrected chi connectivity index (χ4v) is 4.76. The summed E-state index contributed by atoms with van der Waals surface area (Å²) in [6.07, 6.45) is -12.0. The quantitative estimate of drug-likeness (QED) is 0.447. The molecule has 30 heavy (non-hydrogen) atoms. The number of alkyl halides is 6. The molecule has 1 aromatic heterocycles. The number of hydrogen-bond donors (Lipinski definition) is 2. The molecule has 168 valence electrons. The molecular formula is C16H16F6N2O4S2. The molecule has 0 amide bonds. The van der Waals surface area contributed by atoms with Gasteiger partial charge in [-0.2, -0.15) is 26.3 Å². The Balaban J connectivity index is 2.09. The molecule has 0 bridgehead atoms. The van der Waals surface area contributed by atoms with Gasteiger partial charge in [0.2, 0.25) is 0 Å². The van der Waals surface area contributed by atoms with Gasteiger partial charge in [0.15, 0.2) is 0 Å². The second-order valence-corrected chi connectivity index (χ2v) is 8.86. The fourth-order valence-electron chi connectivity index (χ4n) is 2.43. The van der Waals surface area contributed by atoms with Gasteiger partial charge in [0.25, 0.3) is 15.6 Å². The molecule has 0 radical (unpaired) electrons. The first-order chi connectivity index (χ1) is 13.7. The SMILES string of the molecule is CON(CCNc1ccc(C(O)(C(F)(F)F)C(F)(F)F)cc1)S(=O)(=O)c1cccs1. The lowest BCUT2D eigenvalue weighted by molar-refractivity contribution is -0.376. The molecule has 6 nitrogen and oxygen atoms in total. The number of hydrogen-bond acceptors (Lipinski definition) is 6. The van der Waals surface area contributed by atoms with Crippen molar-refractivity contribution in [3.63, 3.8) is 0 Å². The van der Waals surface area contributed by atoms with Crippen LogP contribution in [0.4, 0.5) is 32.0 Å². The summed E-state index contributed by atoms with van der Waals surface area (Å²) in [5.41, 5.74) is -6.30. The number of rotatable bonds is 8. The monoisotopic (exact) mass is 478 g/mol. The van der Waals surface area contributed by atoms with E-state index in [9.17, 15) is 39.9 Å². The Morgan fingerprint density at radius 3 is 2.07 bits per heavy atom. The summed E-state index contributed by atoms with van der Waals surface area (Å²) in [4.78, 5) is 4.84. The Kier molecular flexibility index (Phi) is 7.08. The second-order valence-electron chi connectivity index (χ2n) is 5.86. The molecule has 0 saturated carbocycles. The number of nitrogens with zero attached hydrogens (tertiary/aromatic N) is 1. The van der Waals surface area contributed by atoms with Crippen molar-refractivity contribution in [3.8, 4) is 0 Å². The van der Waals surface area contributed by atoms with Crippen LogP contribution in [-0.2, 0) is 20.5 Å². The van der Waals surface area contributed by atoms with Crippen LogP contribution in [-0.4, -0.2) is 50.5 Å². The maximum absolute atomic E-state index is 12.9. The van der Waals surface area contributed by atoms with Crippen molar-refractivity contribution in [2.75, 3.05) is 25.5 Å². The lowest BCUT2D eigenvalue weighted by Crippen LogP contribution is -2.53. The van der Waals surface area contributed by atoms with E-state index in [4.69, 9.17) is 4.84 Å². The predicted octanol–water partition coefficient (Wildman–Crippen LogP) is 3.72. The van der Waals surface area contributed by atoms with Gasteiger partial charge in [-0.05, 0) is 23.6 Å². The van der Waals surface area contributed by atoms with Crippen molar-refractivity contribution in [1.82, 2.24) is 4.47 Å². The number of hydroxylamine groups is 1. The van der Waals surface area contributed by atoms with Gasteiger partial charge in [-0.1, -0.05) is 22.7 Å². The molecule has 0 fully saturated rings. The zero-order chi connectivity index (χ0) is 22.8. The number of aliphatic hydroxyl groups is 1. The minimum Gasteiger partial charge on any atom is -0.384 e. The normalized spacial score (nSPS) is 13.6. The van der Waals surface area contributed by atoms with Crippen LogP contribution in [0.15, 0.2) is 46.0 Å². The molecule has 1 heterocycles. The molecule has 2 N–H and O–H groups in total. The first-order valence-electron chi connectivity index (χ1n) is 8.05. The number of nitrogens with one attached hydrogen (secondary N) is 1. The molecule has 0 spiro atoms. The maximum atomic E-state index is 12.9. The van der Waals surface area contributed by atoms with Crippen LogP contribution in [0, 0.1) is 0 Å². The number of sulfonamides is 1. The van der Waals surface area contributed by atoms with Crippen molar-refractivity contribution in [2.45, 2.75) is 22.2 Å². The molecule has 14 heteroatoms. The van der Waals surface area contributed by atoms with Crippen LogP contribution in [0.3, 0.4) is 0 Å². The average Bonchev–Trinajstić information content (AvgIpc) is 3.18. The summed E-state index contributed by atoms with van der Waals surface area (Å²) in [7, 11) is -2.78. The van der Waals surface area contributed by atoms with Gasteiger partial charge in [-0.15, -0.1) is 11.3 Å². The smallest absolute Gasteiger partial charge is 0.384 e. The van der Waals surface area contributed by atoms with Crippen LogP contribution < -0.4 is 5.32 Å². The van der Waals surface area contributed by atoms with Crippen molar-refractivity contribution < 1.29 is 44.7 Å². The van der Waals surface area contributed by atoms with E-state index in [2.05, 4.69) is 5.32 Å². The second kappa shape index (κ2) is 8.70. The van der Waals surface area contributed by atoms with Crippen molar-refractivity contribution in [2.24, 2.45) is 0 Å². The Hall–Kier alpha value is -1.87. The van der Waals surface area contributed by atoms with E-state index in [1.807, 2.05) is 0 Å². The number of thiophene rings is 1. The summed E-state index contributed by atoms with van der Waals surface area (Å²) in [5, 5.41) is 13.6. The summed E-state index contributed by atoms with van der Waals surface area (Å²) >= 11 is 0.974. The zero-order valence-electron chi connectivity index (χ0n) is 15.2. The number of anilines is 1. The van der Waals surface area contributed by atoms with Gasteiger partial charge in [-0.25, -0.2) is 8.42 Å². The van der Waals surface area contributed by atoms with E-state index in [1.165, 1.54) is 12.1 Å². The Labute approximate surface area is 171 Å². The minimum atomic E-state index is -5.98. The molecule has 2 rings (SSSR count). The lowest BCUT2D eigenvalue weighted by Gasteiger charge is -2.32. The molecule has 0 aliphatic rings. The van der Waals surface area contributed by atoms with Crippen molar-refractivity contribution in [1.29, 1.82) is 0 Å². The van der Waals surface area contributed by atoms with Crippen molar-refractivity contribution >= 4 is 27.0 Å². The van der Waals surface area contributed by atoms with Crippen LogP contribution in [0.1, 0.15) is 5.56 Å². The first kappa shape index (κ1) is 24.4. The molecule has 0 aliphatic carbocycles. The highest BCUT2D eigenvalue weighted by Crippen LogP contribution is 2.50. The van der Waals surface area contributed by atoms with Gasteiger partial charge in [0.05, 0.1) is 13.7 Å². The van der Waals surface area contributed by atoms with Gasteiger partial charge in [-0.3, -0.25) is 4.84 Å². The zero-order valence-corrected chi connectivity index (χ0v) is 16.8. The topological polar surface area (TPSA) is 78.9 Å². The fraction of sp³-hybridized carbons (Fsp3) is 0.375. The average molecular weight is 478 g/mol. The van der Waals surface area contributed by atoms with Gasteiger partial charge in [0, 0.05) is 17.8 Å². The first-order valence-corrected chi connectivity index (χ1v) is 10.4. The minimum absolute atomic E-state index is 0.0345. The van der Waals surface area contributed by atoms with Crippen molar-refractivity contribution in [3.05, 3.63) is 47.3 Å². The summed E-state index contributed by atoms with van der Waals surface area (Å²) in [6, 6.07) is 5.69. The van der Waals surface area contributed by atoms with E-state index < -0.39 is 33.5 Å². The summed E-state index contributed by atoms with van der Waals surface area (Å²) in [5.74, 6) is 0. The largest absolute Gasteiger partial charge is 0.430 e. The van der Waals surface area contributed by atoms with Gasteiger partial charge < -0.3 is 10.4 Å². The van der Waals surface area contributed by atoms with E-state index in [0.29, 0.717) is 16.6 Å². The Morgan fingerprint density at radius 2 is 1.63 bits per heavy atom. The Bertz CT molecular complexity index is 914. The van der Waals surface area contributed by atoms with Gasteiger partial charge >= 0.3 is 12.4 Å². The molecule has 0 saturated heterocycles. The van der Waals surface area contributed by atoms with Crippen LogP contribution in [0.5, 0.6) is 0 Å². The summed E-state index contributed by atoms with van der Waals surface area (Å²) < 4.78 is 103. The summed E-state index contributed by atoms with van der Waals surface area (Å²) in [6.45, 7) is -0.270. The van der Waals surface area contributed by atoms with Crippen LogP contribution in [0.2, 0.25) is 0 Å². The maximum Gasteiger partial charge on any atom is 0.430 e. The highest BCUT2D eigenvalue weighted by Gasteiger charge is 2.71. The molecular weight excluding hydrogens is 462 g/mol. The molecule has 0 unspecified atom stereocenters. The number of halogens is 6. The Morgan fingerprint density at radius 1 is 1.07 bits per heavy atom. The van der Waals surface area contributed by atoms with Crippen LogP contribution >= 0.6 is 11.3 Å². The molecule has 1 aromatic carbocycles. The molecule has 0 aliphatic heterocycles. The van der Waals surface area contributed by atoms with Crippen LogP contribution in [0.25, 0.3) is 0 Å². The third-order valence-corrected chi connectivity index (χ3v) is 7.06. The number of benzene rings is 1. The standard InChI is InChI=1S/C16H16F6N2O4S2/c1-28-24(30(26,27)13-3-2-10-29-13)9-8-23-12-6-4-11(5-7-12)14(25,15(17,18)19)16(20,21)22/h2-7,10,23,25H,8-9H2,1H3. The van der Waals surface area contributed by atoms with E-state index in [1.54, 1.807) is 5.38 Å². The third kappa shape index (κ3) is 4.72. The van der Waals surface area contributed by atoms with E-state index >= 15 is 0 Å². The lowest BCUT2D eigenvalue weighted by atomic mass is 9.92.